The summed E-state index contributed by atoms with van der Waals surface area (Å²) in [4.78, 5) is 30.2. The number of aliphatic imine (C=N–C) groups is 1. The van der Waals surface area contributed by atoms with E-state index in [-0.39, 0.29) is 17.1 Å². The molecule has 4 heterocycles. The molecule has 10 nitrogen and oxygen atoms in total. The average Bonchev–Trinajstić information content (AvgIpc) is 2.88. The van der Waals surface area contributed by atoms with Gasteiger partial charge in [-0.15, -0.1) is 0 Å². The van der Waals surface area contributed by atoms with Gasteiger partial charge in [-0.3, -0.25) is 4.79 Å². The summed E-state index contributed by atoms with van der Waals surface area (Å²) in [6.45, 7) is 6.47. The summed E-state index contributed by atoms with van der Waals surface area (Å²) in [5.41, 5.74) is 7.81. The van der Waals surface area contributed by atoms with Crippen molar-refractivity contribution in [3.8, 4) is 29.2 Å². The van der Waals surface area contributed by atoms with E-state index in [0.29, 0.717) is 41.8 Å². The van der Waals surface area contributed by atoms with Gasteiger partial charge in [0.05, 0.1) is 32.3 Å². The highest BCUT2D eigenvalue weighted by Crippen LogP contribution is 2.52. The number of ether oxygens (including phenoxy) is 3. The lowest BCUT2D eigenvalue weighted by Gasteiger charge is -2.39. The molecule has 1 atom stereocenters. The number of amidine groups is 1. The lowest BCUT2D eigenvalue weighted by atomic mass is 9.78. The van der Waals surface area contributed by atoms with Gasteiger partial charge in [-0.05, 0) is 51.0 Å². The standard InChI is InChI=1S/C27H26N6O4/c1-26(2,3)8-7-16-11-19-22(14-29-16)37-21-6-5-17(12-18(21)27(19)9-10-36-25(28)33-27)32-24(34)20-13-31-23(35-4)15-30-20/h5-6,11-15H,9-10H2,1-4H3,(H2,28,33)(H,32,34). The van der Waals surface area contributed by atoms with Crippen molar-refractivity contribution in [2.24, 2.45) is 16.1 Å². The van der Waals surface area contributed by atoms with Gasteiger partial charge >= 0.3 is 0 Å². The zero-order valence-corrected chi connectivity index (χ0v) is 21.0. The third kappa shape index (κ3) is 4.76. The summed E-state index contributed by atoms with van der Waals surface area (Å²) in [6, 6.07) is 7.32. The fourth-order valence-electron chi connectivity index (χ4n) is 4.15. The van der Waals surface area contributed by atoms with Gasteiger partial charge in [-0.25, -0.2) is 19.9 Å². The van der Waals surface area contributed by atoms with Gasteiger partial charge in [0.1, 0.15) is 22.7 Å². The highest BCUT2D eigenvalue weighted by Gasteiger charge is 2.45. The van der Waals surface area contributed by atoms with Crippen molar-refractivity contribution in [1.82, 2.24) is 15.0 Å². The van der Waals surface area contributed by atoms with Crippen LogP contribution in [0.4, 0.5) is 5.69 Å². The van der Waals surface area contributed by atoms with Crippen LogP contribution >= 0.6 is 0 Å². The lowest BCUT2D eigenvalue weighted by molar-refractivity contribution is 0.102. The number of rotatable bonds is 3. The zero-order chi connectivity index (χ0) is 26.2. The van der Waals surface area contributed by atoms with E-state index >= 15 is 0 Å². The minimum absolute atomic E-state index is 0.0760. The quantitative estimate of drug-likeness (QED) is 0.523. The molecule has 188 valence electrons. The average molecular weight is 499 g/mol. The molecule has 1 unspecified atom stereocenters. The van der Waals surface area contributed by atoms with Crippen LogP contribution in [0.3, 0.4) is 0 Å². The van der Waals surface area contributed by atoms with Gasteiger partial charge < -0.3 is 25.3 Å². The topological polar surface area (TPSA) is 134 Å². The third-order valence-corrected chi connectivity index (χ3v) is 5.87. The van der Waals surface area contributed by atoms with Crippen LogP contribution in [-0.2, 0) is 10.3 Å². The molecule has 0 saturated carbocycles. The second-order valence-corrected chi connectivity index (χ2v) is 9.69. The number of hydrogen-bond acceptors (Lipinski definition) is 9. The molecule has 0 aliphatic carbocycles. The Kier molecular flexibility index (Phi) is 5.91. The van der Waals surface area contributed by atoms with Crippen LogP contribution in [0.1, 0.15) is 54.5 Å². The number of pyridine rings is 1. The number of nitrogens with zero attached hydrogens (tertiary/aromatic N) is 4. The van der Waals surface area contributed by atoms with Crippen LogP contribution in [0.5, 0.6) is 17.4 Å². The van der Waals surface area contributed by atoms with Crippen LogP contribution in [0.2, 0.25) is 0 Å². The zero-order valence-electron chi connectivity index (χ0n) is 21.0. The predicted molar refractivity (Wildman–Crippen MR) is 137 cm³/mol. The summed E-state index contributed by atoms with van der Waals surface area (Å²) in [6.07, 6.45) is 4.90. The molecule has 10 heteroatoms. The fourth-order valence-corrected chi connectivity index (χ4v) is 4.15. The Balaban J connectivity index is 1.56. The van der Waals surface area contributed by atoms with E-state index in [1.807, 2.05) is 32.9 Å². The maximum atomic E-state index is 12.8. The lowest BCUT2D eigenvalue weighted by Crippen LogP contribution is -2.38. The van der Waals surface area contributed by atoms with E-state index < -0.39 is 11.4 Å². The number of aromatic nitrogens is 3. The summed E-state index contributed by atoms with van der Waals surface area (Å²) in [5, 5.41) is 2.87. The molecule has 2 aromatic heterocycles. The molecule has 0 saturated heterocycles. The van der Waals surface area contributed by atoms with E-state index in [1.54, 1.807) is 18.3 Å². The molecule has 37 heavy (non-hydrogen) atoms. The van der Waals surface area contributed by atoms with Crippen molar-refractivity contribution in [1.29, 1.82) is 0 Å². The Morgan fingerprint density at radius 2 is 1.92 bits per heavy atom. The van der Waals surface area contributed by atoms with Crippen LogP contribution < -0.4 is 20.5 Å². The fraction of sp³-hybridized carbons (Fsp3) is 0.296. The molecule has 3 N–H and O–H groups in total. The number of carbonyl (C=O) groups is 1. The van der Waals surface area contributed by atoms with Gasteiger partial charge in [0, 0.05) is 28.7 Å². The number of carbonyl (C=O) groups excluding carboxylic acids is 1. The number of benzene rings is 1. The number of fused-ring (bicyclic) bond motifs is 4. The molecule has 0 fully saturated rings. The molecule has 1 amide bonds. The van der Waals surface area contributed by atoms with Crippen LogP contribution in [0.25, 0.3) is 0 Å². The van der Waals surface area contributed by atoms with E-state index in [9.17, 15) is 4.79 Å². The Bertz CT molecular complexity index is 1470. The van der Waals surface area contributed by atoms with E-state index in [0.717, 1.165) is 11.1 Å². The number of anilines is 1. The molecule has 5 rings (SSSR count). The van der Waals surface area contributed by atoms with E-state index in [4.69, 9.17) is 24.9 Å². The van der Waals surface area contributed by atoms with Crippen molar-refractivity contribution in [2.45, 2.75) is 32.7 Å². The van der Waals surface area contributed by atoms with Crippen LogP contribution in [0.15, 0.2) is 47.8 Å². The molecule has 1 aromatic carbocycles. The highest BCUT2D eigenvalue weighted by molar-refractivity contribution is 6.02. The first kappa shape index (κ1) is 24.1. The SMILES string of the molecule is COc1cnc(C(=O)Nc2ccc3c(c2)C2(CCOC(N)=N2)c2cc(C#CC(C)(C)C)ncc2O3)cn1. The Hall–Kier alpha value is -4.65. The molecular weight excluding hydrogens is 472 g/mol. The summed E-state index contributed by atoms with van der Waals surface area (Å²) < 4.78 is 16.7. The van der Waals surface area contributed by atoms with Gasteiger partial charge in [0.25, 0.3) is 11.9 Å². The Labute approximate surface area is 214 Å². The molecular formula is C27H26N6O4. The number of nitrogens with two attached hydrogens (primary N) is 1. The molecule has 3 aromatic rings. The second kappa shape index (κ2) is 9.09. The first-order valence-corrected chi connectivity index (χ1v) is 11.7. The molecule has 0 bridgehead atoms. The number of nitrogens with one attached hydrogen (secondary N) is 1. The van der Waals surface area contributed by atoms with Crippen molar-refractivity contribution in [3.05, 3.63) is 65.4 Å². The minimum atomic E-state index is -0.896. The van der Waals surface area contributed by atoms with Gasteiger partial charge in [0.2, 0.25) is 5.88 Å². The Morgan fingerprint density at radius 1 is 1.11 bits per heavy atom. The van der Waals surface area contributed by atoms with E-state index in [2.05, 4.69) is 32.1 Å². The van der Waals surface area contributed by atoms with Crippen molar-refractivity contribution < 1.29 is 19.0 Å². The van der Waals surface area contributed by atoms with Crippen LogP contribution in [-0.4, -0.2) is 40.6 Å². The normalized spacial score (nSPS) is 17.7. The molecule has 0 radical (unpaired) electrons. The first-order chi connectivity index (χ1) is 17.7. The Morgan fingerprint density at radius 3 is 2.62 bits per heavy atom. The van der Waals surface area contributed by atoms with Crippen molar-refractivity contribution in [3.63, 3.8) is 0 Å². The maximum Gasteiger partial charge on any atom is 0.283 e. The second-order valence-electron chi connectivity index (χ2n) is 9.69. The van der Waals surface area contributed by atoms with Gasteiger partial charge in [0.15, 0.2) is 5.75 Å². The van der Waals surface area contributed by atoms with Crippen LogP contribution in [0, 0.1) is 17.3 Å². The summed E-state index contributed by atoms with van der Waals surface area (Å²) in [5.74, 6) is 7.42. The smallest absolute Gasteiger partial charge is 0.283 e. The largest absolute Gasteiger partial charge is 0.480 e. The predicted octanol–water partition coefficient (Wildman–Crippen LogP) is 3.61. The minimum Gasteiger partial charge on any atom is -0.480 e. The monoisotopic (exact) mass is 498 g/mol. The van der Waals surface area contributed by atoms with Gasteiger partial charge in [-0.2, -0.15) is 0 Å². The molecule has 2 aliphatic heterocycles. The van der Waals surface area contributed by atoms with Gasteiger partial charge in [-0.1, -0.05) is 5.92 Å². The molecule has 2 aliphatic rings. The first-order valence-electron chi connectivity index (χ1n) is 11.7. The third-order valence-electron chi connectivity index (χ3n) is 5.87. The maximum absolute atomic E-state index is 12.8. The highest BCUT2D eigenvalue weighted by atomic mass is 16.5. The summed E-state index contributed by atoms with van der Waals surface area (Å²) in [7, 11) is 1.48. The summed E-state index contributed by atoms with van der Waals surface area (Å²) >= 11 is 0. The molecule has 1 spiro atoms. The number of methoxy groups -OCH3 is 1. The number of amides is 1. The van der Waals surface area contributed by atoms with Crippen molar-refractivity contribution >= 4 is 17.6 Å². The number of hydrogen-bond donors (Lipinski definition) is 2. The van der Waals surface area contributed by atoms with E-state index in [1.165, 1.54) is 19.5 Å². The van der Waals surface area contributed by atoms with Crippen molar-refractivity contribution in [2.75, 3.05) is 19.0 Å².